The number of rotatable bonds is 5. The maximum atomic E-state index is 11.4. The first kappa shape index (κ1) is 16.5. The fourth-order valence-electron chi connectivity index (χ4n) is 3.68. The van der Waals surface area contributed by atoms with Crippen molar-refractivity contribution in [2.24, 2.45) is 0 Å². The minimum Gasteiger partial charge on any atom is -0.481 e. The molecule has 2 aromatic carbocycles. The minimum absolute atomic E-state index is 0.0163. The molecule has 2 aromatic rings. The summed E-state index contributed by atoms with van der Waals surface area (Å²) >= 11 is 0. The summed E-state index contributed by atoms with van der Waals surface area (Å²) in [7, 11) is 0. The van der Waals surface area contributed by atoms with Crippen molar-refractivity contribution in [2.75, 3.05) is 18.0 Å². The lowest BCUT2D eigenvalue weighted by molar-refractivity contribution is -0.137. The first-order valence-corrected chi connectivity index (χ1v) is 8.45. The van der Waals surface area contributed by atoms with E-state index in [0.29, 0.717) is 0 Å². The fraction of sp³-hybridized carbons (Fsp3) is 0.350. The van der Waals surface area contributed by atoms with Crippen LogP contribution in [-0.4, -0.2) is 41.1 Å². The van der Waals surface area contributed by atoms with Gasteiger partial charge in [-0.3, -0.25) is 9.69 Å². The summed E-state index contributed by atoms with van der Waals surface area (Å²) in [5.41, 5.74) is 2.38. The van der Waals surface area contributed by atoms with Crippen LogP contribution in [0.4, 0.5) is 5.69 Å². The number of carboxylic acid groups (broad SMARTS) is 1. The van der Waals surface area contributed by atoms with Crippen LogP contribution in [-0.2, 0) is 11.3 Å². The predicted molar refractivity (Wildman–Crippen MR) is 96.1 cm³/mol. The van der Waals surface area contributed by atoms with Crippen LogP contribution in [0.3, 0.4) is 0 Å². The van der Waals surface area contributed by atoms with Gasteiger partial charge in [0.1, 0.15) is 0 Å². The van der Waals surface area contributed by atoms with Gasteiger partial charge in [0.15, 0.2) is 0 Å². The molecule has 0 spiro atoms. The molecule has 0 amide bonds. The Morgan fingerprint density at radius 1 is 1.04 bits per heavy atom. The van der Waals surface area contributed by atoms with Crippen molar-refractivity contribution >= 4 is 11.7 Å². The highest BCUT2D eigenvalue weighted by atomic mass is 16.4. The predicted octanol–water partition coefficient (Wildman–Crippen LogP) is 3.24. The van der Waals surface area contributed by atoms with Crippen molar-refractivity contribution in [1.82, 2.24) is 4.90 Å². The second-order valence-electron chi connectivity index (χ2n) is 6.52. The zero-order valence-electron chi connectivity index (χ0n) is 14.0. The molecular weight excluding hydrogens is 300 g/mol. The van der Waals surface area contributed by atoms with Gasteiger partial charge in [0.05, 0.1) is 12.5 Å². The quantitative estimate of drug-likeness (QED) is 0.917. The smallest absolute Gasteiger partial charge is 0.305 e. The number of benzene rings is 2. The van der Waals surface area contributed by atoms with E-state index in [9.17, 15) is 9.90 Å². The number of para-hydroxylation sites is 1. The summed E-state index contributed by atoms with van der Waals surface area (Å²) in [4.78, 5) is 16.0. The number of aliphatic carboxylic acids is 1. The Balaban J connectivity index is 1.79. The Kier molecular flexibility index (Phi) is 5.16. The second kappa shape index (κ2) is 7.49. The van der Waals surface area contributed by atoms with Crippen molar-refractivity contribution < 1.29 is 9.90 Å². The molecule has 0 radical (unpaired) electrons. The summed E-state index contributed by atoms with van der Waals surface area (Å²) in [6.45, 7) is 4.74. The molecule has 0 unspecified atom stereocenters. The van der Waals surface area contributed by atoms with Crippen LogP contribution in [0.1, 0.15) is 18.9 Å². The normalized spacial score (nSPS) is 21.6. The van der Waals surface area contributed by atoms with Gasteiger partial charge in [-0.25, -0.2) is 0 Å². The Morgan fingerprint density at radius 3 is 2.29 bits per heavy atom. The molecule has 4 heteroatoms. The highest BCUT2D eigenvalue weighted by Crippen LogP contribution is 2.27. The molecule has 2 atom stereocenters. The van der Waals surface area contributed by atoms with Crippen LogP contribution in [0.25, 0.3) is 0 Å². The Labute approximate surface area is 143 Å². The number of piperazine rings is 1. The molecule has 4 nitrogen and oxygen atoms in total. The number of carbonyl (C=O) groups is 1. The largest absolute Gasteiger partial charge is 0.481 e. The van der Waals surface area contributed by atoms with Crippen molar-refractivity contribution in [3.8, 4) is 0 Å². The van der Waals surface area contributed by atoms with E-state index in [2.05, 4.69) is 41.0 Å². The molecule has 3 rings (SSSR count). The molecule has 0 aliphatic carbocycles. The van der Waals surface area contributed by atoms with E-state index in [1.165, 1.54) is 5.56 Å². The standard InChI is InChI=1S/C20H24N2O2/c1-16-13-21(14-17-8-4-2-5-9-17)15-19(12-20(23)24)22(16)18-10-6-3-7-11-18/h2-11,16,19H,12-15H2,1H3,(H,23,24)/t16-,19+/m1/s1. The lowest BCUT2D eigenvalue weighted by Gasteiger charge is -2.47. The van der Waals surface area contributed by atoms with Gasteiger partial charge in [-0.2, -0.15) is 0 Å². The van der Waals surface area contributed by atoms with Gasteiger partial charge < -0.3 is 10.0 Å². The van der Waals surface area contributed by atoms with E-state index < -0.39 is 5.97 Å². The summed E-state index contributed by atoms with van der Waals surface area (Å²) in [5, 5.41) is 9.35. The highest BCUT2D eigenvalue weighted by Gasteiger charge is 2.33. The molecule has 1 fully saturated rings. The first-order valence-electron chi connectivity index (χ1n) is 8.45. The topological polar surface area (TPSA) is 43.8 Å². The summed E-state index contributed by atoms with van der Waals surface area (Å²) < 4.78 is 0. The first-order chi connectivity index (χ1) is 11.6. The number of hydrogen-bond donors (Lipinski definition) is 1. The Hall–Kier alpha value is -2.33. The molecule has 1 heterocycles. The van der Waals surface area contributed by atoms with E-state index in [1.54, 1.807) is 0 Å². The third kappa shape index (κ3) is 3.95. The fourth-order valence-corrected chi connectivity index (χ4v) is 3.68. The van der Waals surface area contributed by atoms with Crippen molar-refractivity contribution in [2.45, 2.75) is 32.0 Å². The number of carboxylic acids is 1. The summed E-state index contributed by atoms with van der Waals surface area (Å²) in [6.07, 6.45) is 0.157. The SMILES string of the molecule is C[C@@H]1CN(Cc2ccccc2)C[C@H](CC(=O)O)N1c1ccccc1. The highest BCUT2D eigenvalue weighted by molar-refractivity contribution is 5.69. The lowest BCUT2D eigenvalue weighted by atomic mass is 10.0. The average molecular weight is 324 g/mol. The van der Waals surface area contributed by atoms with E-state index >= 15 is 0 Å². The third-order valence-electron chi connectivity index (χ3n) is 4.57. The molecule has 1 aliphatic rings. The van der Waals surface area contributed by atoms with Crippen molar-refractivity contribution in [1.29, 1.82) is 0 Å². The maximum Gasteiger partial charge on any atom is 0.305 e. The van der Waals surface area contributed by atoms with E-state index in [0.717, 1.165) is 25.3 Å². The van der Waals surface area contributed by atoms with Gasteiger partial charge in [0.25, 0.3) is 0 Å². The minimum atomic E-state index is -0.741. The van der Waals surface area contributed by atoms with Crippen LogP contribution in [0.15, 0.2) is 60.7 Å². The Bertz CT molecular complexity index is 660. The average Bonchev–Trinajstić information content (AvgIpc) is 2.56. The maximum absolute atomic E-state index is 11.4. The molecule has 0 bridgehead atoms. The van der Waals surface area contributed by atoms with Gasteiger partial charge in [-0.1, -0.05) is 48.5 Å². The van der Waals surface area contributed by atoms with Gasteiger partial charge in [0, 0.05) is 31.4 Å². The monoisotopic (exact) mass is 324 g/mol. The molecule has 24 heavy (non-hydrogen) atoms. The number of hydrogen-bond acceptors (Lipinski definition) is 3. The lowest BCUT2D eigenvalue weighted by Crippen LogP contribution is -2.58. The van der Waals surface area contributed by atoms with Crippen LogP contribution in [0.5, 0.6) is 0 Å². The zero-order chi connectivity index (χ0) is 16.9. The zero-order valence-corrected chi connectivity index (χ0v) is 14.0. The van der Waals surface area contributed by atoms with E-state index in [-0.39, 0.29) is 18.5 Å². The van der Waals surface area contributed by atoms with E-state index in [4.69, 9.17) is 0 Å². The van der Waals surface area contributed by atoms with E-state index in [1.807, 2.05) is 36.4 Å². The van der Waals surface area contributed by atoms with Crippen LogP contribution in [0.2, 0.25) is 0 Å². The van der Waals surface area contributed by atoms with Gasteiger partial charge in [-0.15, -0.1) is 0 Å². The van der Waals surface area contributed by atoms with Crippen LogP contribution in [0, 0.1) is 0 Å². The molecule has 0 saturated carbocycles. The third-order valence-corrected chi connectivity index (χ3v) is 4.57. The van der Waals surface area contributed by atoms with Crippen molar-refractivity contribution in [3.63, 3.8) is 0 Å². The summed E-state index contributed by atoms with van der Waals surface area (Å²) in [5.74, 6) is -0.741. The molecular formula is C20H24N2O2. The van der Waals surface area contributed by atoms with Crippen LogP contribution >= 0.6 is 0 Å². The number of anilines is 1. The van der Waals surface area contributed by atoms with Gasteiger partial charge in [0.2, 0.25) is 0 Å². The molecule has 1 N–H and O–H groups in total. The van der Waals surface area contributed by atoms with Crippen molar-refractivity contribution in [3.05, 3.63) is 66.2 Å². The molecule has 0 aromatic heterocycles. The Morgan fingerprint density at radius 2 is 1.67 bits per heavy atom. The summed E-state index contributed by atoms with van der Waals surface area (Å²) in [6, 6.07) is 20.8. The van der Waals surface area contributed by atoms with Gasteiger partial charge in [-0.05, 0) is 24.6 Å². The molecule has 126 valence electrons. The number of nitrogens with zero attached hydrogens (tertiary/aromatic N) is 2. The second-order valence-corrected chi connectivity index (χ2v) is 6.52. The van der Waals surface area contributed by atoms with Crippen LogP contribution < -0.4 is 4.90 Å². The molecule has 1 aliphatic heterocycles. The molecule has 1 saturated heterocycles. The van der Waals surface area contributed by atoms with Gasteiger partial charge >= 0.3 is 5.97 Å².